The average molecular weight is 304 g/mol. The maximum atomic E-state index is 13.9. The van der Waals surface area contributed by atoms with E-state index in [4.69, 9.17) is 11.6 Å². The molecule has 1 N–H and O–H groups in total. The summed E-state index contributed by atoms with van der Waals surface area (Å²) in [6.45, 7) is 0. The summed E-state index contributed by atoms with van der Waals surface area (Å²) in [5.41, 5.74) is -0.250. The molecule has 2 aromatic carbocycles. The second-order valence-electron chi connectivity index (χ2n) is 4.12. The SMILES string of the molecule is CNC(c1ccc(F)c(F)c1F)c1c(F)cccc1Cl. The first-order valence-corrected chi connectivity index (χ1v) is 6.09. The van der Waals surface area contributed by atoms with Crippen molar-refractivity contribution in [3.8, 4) is 0 Å². The normalized spacial score (nSPS) is 12.5. The first-order valence-electron chi connectivity index (χ1n) is 5.72. The van der Waals surface area contributed by atoms with E-state index >= 15 is 0 Å². The lowest BCUT2D eigenvalue weighted by molar-refractivity contribution is 0.433. The average Bonchev–Trinajstić information content (AvgIpc) is 2.42. The molecule has 0 aliphatic rings. The first-order chi connectivity index (χ1) is 9.47. The van der Waals surface area contributed by atoms with E-state index in [0.29, 0.717) is 0 Å². The third-order valence-corrected chi connectivity index (χ3v) is 3.28. The van der Waals surface area contributed by atoms with Crippen LogP contribution in [0.3, 0.4) is 0 Å². The van der Waals surface area contributed by atoms with Crippen molar-refractivity contribution >= 4 is 11.6 Å². The Bertz CT molecular complexity index is 625. The van der Waals surface area contributed by atoms with Gasteiger partial charge in [0, 0.05) is 16.1 Å². The summed E-state index contributed by atoms with van der Waals surface area (Å²) in [4.78, 5) is 0. The van der Waals surface area contributed by atoms with Crippen molar-refractivity contribution in [3.05, 3.63) is 69.8 Å². The van der Waals surface area contributed by atoms with Crippen LogP contribution < -0.4 is 5.32 Å². The summed E-state index contributed by atoms with van der Waals surface area (Å²) >= 11 is 5.91. The Kier molecular flexibility index (Phi) is 4.30. The zero-order chi connectivity index (χ0) is 14.9. The van der Waals surface area contributed by atoms with Crippen molar-refractivity contribution in [2.45, 2.75) is 6.04 Å². The monoisotopic (exact) mass is 303 g/mol. The highest BCUT2D eigenvalue weighted by molar-refractivity contribution is 6.31. The van der Waals surface area contributed by atoms with Gasteiger partial charge in [0.15, 0.2) is 17.5 Å². The smallest absolute Gasteiger partial charge is 0.194 e. The fourth-order valence-electron chi connectivity index (χ4n) is 2.01. The van der Waals surface area contributed by atoms with Crippen LogP contribution in [0.5, 0.6) is 0 Å². The van der Waals surface area contributed by atoms with E-state index in [9.17, 15) is 17.6 Å². The molecular formula is C14H10ClF4N. The van der Waals surface area contributed by atoms with Gasteiger partial charge in [-0.05, 0) is 25.2 Å². The first kappa shape index (κ1) is 14.8. The van der Waals surface area contributed by atoms with Gasteiger partial charge in [0.25, 0.3) is 0 Å². The van der Waals surface area contributed by atoms with Gasteiger partial charge in [-0.2, -0.15) is 0 Å². The molecule has 1 unspecified atom stereocenters. The van der Waals surface area contributed by atoms with Crippen molar-refractivity contribution in [2.24, 2.45) is 0 Å². The summed E-state index contributed by atoms with van der Waals surface area (Å²) < 4.78 is 54.0. The number of nitrogens with one attached hydrogen (secondary N) is 1. The Morgan fingerprint density at radius 3 is 2.25 bits per heavy atom. The van der Waals surface area contributed by atoms with Crippen LogP contribution in [-0.2, 0) is 0 Å². The van der Waals surface area contributed by atoms with Crippen LogP contribution in [0.15, 0.2) is 30.3 Å². The molecule has 2 aromatic rings. The van der Waals surface area contributed by atoms with Gasteiger partial charge in [0.2, 0.25) is 0 Å². The van der Waals surface area contributed by atoms with Gasteiger partial charge in [0.1, 0.15) is 5.82 Å². The molecule has 0 bridgehead atoms. The number of hydrogen-bond donors (Lipinski definition) is 1. The van der Waals surface area contributed by atoms with Crippen molar-refractivity contribution in [2.75, 3.05) is 7.05 Å². The summed E-state index contributed by atoms with van der Waals surface area (Å²) in [6, 6.07) is 4.80. The van der Waals surface area contributed by atoms with Crippen LogP contribution in [0.1, 0.15) is 17.2 Å². The van der Waals surface area contributed by atoms with Crippen LogP contribution in [0.2, 0.25) is 5.02 Å². The fourth-order valence-corrected chi connectivity index (χ4v) is 2.28. The van der Waals surface area contributed by atoms with E-state index in [2.05, 4.69) is 5.32 Å². The molecule has 0 aliphatic heterocycles. The Morgan fingerprint density at radius 2 is 1.65 bits per heavy atom. The lowest BCUT2D eigenvalue weighted by atomic mass is 9.97. The van der Waals surface area contributed by atoms with E-state index in [-0.39, 0.29) is 16.1 Å². The maximum Gasteiger partial charge on any atom is 0.194 e. The Labute approximate surface area is 118 Å². The van der Waals surface area contributed by atoms with Gasteiger partial charge >= 0.3 is 0 Å². The number of hydrogen-bond acceptors (Lipinski definition) is 1. The van der Waals surface area contributed by atoms with E-state index in [0.717, 1.165) is 18.2 Å². The molecular weight excluding hydrogens is 294 g/mol. The van der Waals surface area contributed by atoms with E-state index in [1.807, 2.05) is 0 Å². The Balaban J connectivity index is 2.62. The molecule has 20 heavy (non-hydrogen) atoms. The summed E-state index contributed by atoms with van der Waals surface area (Å²) in [6.07, 6.45) is 0. The highest BCUT2D eigenvalue weighted by atomic mass is 35.5. The van der Waals surface area contributed by atoms with E-state index in [1.54, 1.807) is 0 Å². The van der Waals surface area contributed by atoms with Crippen LogP contribution in [0.25, 0.3) is 0 Å². The molecule has 0 saturated heterocycles. The molecule has 0 aliphatic carbocycles. The minimum absolute atomic E-state index is 0.0263. The lowest BCUT2D eigenvalue weighted by Crippen LogP contribution is -2.21. The molecule has 106 valence electrons. The van der Waals surface area contributed by atoms with Gasteiger partial charge in [0.05, 0.1) is 6.04 Å². The fraction of sp³-hybridized carbons (Fsp3) is 0.143. The zero-order valence-corrected chi connectivity index (χ0v) is 11.1. The highest BCUT2D eigenvalue weighted by Gasteiger charge is 2.25. The van der Waals surface area contributed by atoms with Gasteiger partial charge in [-0.3, -0.25) is 0 Å². The molecule has 1 nitrogen and oxygen atoms in total. The van der Waals surface area contributed by atoms with Gasteiger partial charge in [-0.25, -0.2) is 17.6 Å². The predicted octanol–water partition coefficient (Wildman–Crippen LogP) is 4.21. The van der Waals surface area contributed by atoms with Crippen LogP contribution in [0, 0.1) is 23.3 Å². The Morgan fingerprint density at radius 1 is 0.950 bits per heavy atom. The Hall–Kier alpha value is -1.59. The third-order valence-electron chi connectivity index (χ3n) is 2.95. The van der Waals surface area contributed by atoms with Gasteiger partial charge < -0.3 is 5.32 Å². The molecule has 1 atom stereocenters. The topological polar surface area (TPSA) is 12.0 Å². The highest BCUT2D eigenvalue weighted by Crippen LogP contribution is 2.32. The number of halogens is 5. The summed E-state index contributed by atoms with van der Waals surface area (Å²) in [7, 11) is 1.44. The standard InChI is InChI=1S/C14H10ClF4N/c1-20-14(11-8(15)3-2-4-9(11)16)7-5-6-10(17)13(19)12(7)18/h2-6,14,20H,1H3. The van der Waals surface area contributed by atoms with Crippen LogP contribution in [0.4, 0.5) is 17.6 Å². The molecule has 0 saturated carbocycles. The number of rotatable bonds is 3. The molecule has 6 heteroatoms. The van der Waals surface area contributed by atoms with Crippen molar-refractivity contribution in [1.82, 2.24) is 5.32 Å². The molecule has 0 aromatic heterocycles. The quantitative estimate of drug-likeness (QED) is 0.662. The van der Waals surface area contributed by atoms with E-state index < -0.39 is 29.3 Å². The van der Waals surface area contributed by atoms with Crippen LogP contribution in [-0.4, -0.2) is 7.05 Å². The molecule has 0 radical (unpaired) electrons. The molecule has 0 heterocycles. The largest absolute Gasteiger partial charge is 0.309 e. The lowest BCUT2D eigenvalue weighted by Gasteiger charge is -2.20. The second kappa shape index (κ2) is 5.81. The van der Waals surface area contributed by atoms with Crippen molar-refractivity contribution in [1.29, 1.82) is 0 Å². The van der Waals surface area contributed by atoms with Crippen LogP contribution >= 0.6 is 11.6 Å². The molecule has 0 fully saturated rings. The zero-order valence-electron chi connectivity index (χ0n) is 10.4. The molecule has 2 rings (SSSR count). The van der Waals surface area contributed by atoms with Crippen molar-refractivity contribution < 1.29 is 17.6 Å². The summed E-state index contributed by atoms with van der Waals surface area (Å²) in [5, 5.41) is 2.71. The maximum absolute atomic E-state index is 13.9. The third kappa shape index (κ3) is 2.51. The second-order valence-corrected chi connectivity index (χ2v) is 4.53. The van der Waals surface area contributed by atoms with Gasteiger partial charge in [-0.15, -0.1) is 0 Å². The minimum Gasteiger partial charge on any atom is -0.309 e. The number of benzene rings is 2. The minimum atomic E-state index is -1.60. The molecule has 0 spiro atoms. The summed E-state index contributed by atoms with van der Waals surface area (Å²) in [5.74, 6) is -4.94. The van der Waals surface area contributed by atoms with E-state index in [1.165, 1.54) is 19.2 Å². The predicted molar refractivity (Wildman–Crippen MR) is 68.6 cm³/mol. The molecule has 0 amide bonds. The van der Waals surface area contributed by atoms with Gasteiger partial charge in [-0.1, -0.05) is 23.7 Å². The van der Waals surface area contributed by atoms with Crippen molar-refractivity contribution in [3.63, 3.8) is 0 Å².